The molecule has 3 aromatic rings. The number of aromatic nitrogens is 4. The van der Waals surface area contributed by atoms with Crippen LogP contribution in [0.1, 0.15) is 6.92 Å². The Morgan fingerprint density at radius 2 is 2.22 bits per heavy atom. The Morgan fingerprint density at radius 3 is 2.91 bits per heavy atom. The largest absolute Gasteiger partial charge is 0.274 e. The lowest BCUT2D eigenvalue weighted by Crippen LogP contribution is -2.13. The van der Waals surface area contributed by atoms with Gasteiger partial charge in [0.2, 0.25) is 5.13 Å². The first-order valence-corrected chi connectivity index (χ1v) is 10.7. The molecule has 0 atom stereocenters. The van der Waals surface area contributed by atoms with Gasteiger partial charge in [-0.3, -0.25) is 9.40 Å². The zero-order chi connectivity index (χ0) is 16.4. The number of rotatable bonds is 6. The molecule has 0 amide bonds. The van der Waals surface area contributed by atoms with Crippen molar-refractivity contribution in [2.24, 2.45) is 7.05 Å². The Labute approximate surface area is 145 Å². The molecule has 3 aromatic heterocycles. The predicted molar refractivity (Wildman–Crippen MR) is 93.6 cm³/mol. The summed E-state index contributed by atoms with van der Waals surface area (Å²) in [6.07, 6.45) is 1.49. The number of nitrogens with one attached hydrogen (secondary N) is 1. The number of nitrogens with zero attached hydrogens (tertiary/aromatic N) is 4. The van der Waals surface area contributed by atoms with E-state index in [1.54, 1.807) is 7.05 Å². The van der Waals surface area contributed by atoms with Crippen molar-refractivity contribution in [3.05, 3.63) is 23.7 Å². The zero-order valence-corrected chi connectivity index (χ0v) is 15.5. The van der Waals surface area contributed by atoms with Crippen molar-refractivity contribution in [1.82, 2.24) is 20.0 Å². The standard InChI is InChI=1S/C12H13N5O2S4/c1-3-20-12-14-13-11(22-12)16-23(18,19)9-7-17(2)15-10(9)8-5-4-6-21-8/h4-7H,3H2,1-2H3,(H,13,16). The van der Waals surface area contributed by atoms with E-state index in [9.17, 15) is 8.42 Å². The highest BCUT2D eigenvalue weighted by atomic mass is 32.2. The van der Waals surface area contributed by atoms with Crippen molar-refractivity contribution in [3.63, 3.8) is 0 Å². The monoisotopic (exact) mass is 387 g/mol. The third-order valence-corrected chi connectivity index (χ3v) is 6.94. The van der Waals surface area contributed by atoms with Crippen LogP contribution in [-0.2, 0) is 17.1 Å². The molecule has 0 aromatic carbocycles. The summed E-state index contributed by atoms with van der Waals surface area (Å²) in [7, 11) is -2.09. The third kappa shape index (κ3) is 3.57. The number of thioether (sulfide) groups is 1. The average molecular weight is 388 g/mol. The number of aryl methyl sites for hydroxylation is 1. The Kier molecular flexibility index (Phi) is 4.71. The van der Waals surface area contributed by atoms with Crippen LogP contribution in [0.3, 0.4) is 0 Å². The molecule has 122 valence electrons. The van der Waals surface area contributed by atoms with Gasteiger partial charge in [-0.25, -0.2) is 8.42 Å². The van der Waals surface area contributed by atoms with Crippen LogP contribution < -0.4 is 4.72 Å². The van der Waals surface area contributed by atoms with Gasteiger partial charge in [-0.1, -0.05) is 36.1 Å². The number of thiophene rings is 1. The number of hydrogen-bond donors (Lipinski definition) is 1. The molecule has 0 saturated carbocycles. The summed E-state index contributed by atoms with van der Waals surface area (Å²) in [5.41, 5.74) is 0.433. The maximum absolute atomic E-state index is 12.7. The third-order valence-electron chi connectivity index (χ3n) is 2.74. The lowest BCUT2D eigenvalue weighted by Gasteiger charge is -2.03. The molecule has 11 heteroatoms. The number of sulfonamides is 1. The van der Waals surface area contributed by atoms with Gasteiger partial charge in [0.25, 0.3) is 10.0 Å². The van der Waals surface area contributed by atoms with E-state index in [1.807, 2.05) is 24.4 Å². The lowest BCUT2D eigenvalue weighted by atomic mass is 10.3. The zero-order valence-electron chi connectivity index (χ0n) is 12.3. The molecule has 3 rings (SSSR count). The molecule has 0 bridgehead atoms. The molecule has 0 aliphatic rings. The first-order valence-electron chi connectivity index (χ1n) is 6.56. The van der Waals surface area contributed by atoms with Crippen LogP contribution in [0.5, 0.6) is 0 Å². The molecule has 0 unspecified atom stereocenters. The number of hydrogen-bond acceptors (Lipinski definition) is 8. The second-order valence-electron chi connectivity index (χ2n) is 4.40. The van der Waals surface area contributed by atoms with Crippen molar-refractivity contribution in [1.29, 1.82) is 0 Å². The molecule has 0 fully saturated rings. The van der Waals surface area contributed by atoms with Crippen LogP contribution in [0, 0.1) is 0 Å². The predicted octanol–water partition coefficient (Wildman–Crippen LogP) is 2.91. The summed E-state index contributed by atoms with van der Waals surface area (Å²) in [5.74, 6) is 0.854. The van der Waals surface area contributed by atoms with Gasteiger partial charge < -0.3 is 0 Å². The summed E-state index contributed by atoms with van der Waals surface area (Å²) >= 11 is 4.17. The molecule has 0 radical (unpaired) electrons. The average Bonchev–Trinajstić information content (AvgIpc) is 3.19. The van der Waals surface area contributed by atoms with Gasteiger partial charge in [0.05, 0.1) is 4.88 Å². The molecule has 23 heavy (non-hydrogen) atoms. The molecule has 1 N–H and O–H groups in total. The Bertz CT molecular complexity index is 898. The minimum absolute atomic E-state index is 0.127. The first-order chi connectivity index (χ1) is 11.0. The molecule has 3 heterocycles. The molecule has 0 aliphatic heterocycles. The highest BCUT2D eigenvalue weighted by Crippen LogP contribution is 2.32. The quantitative estimate of drug-likeness (QED) is 0.654. The molecular formula is C12H13N5O2S4. The molecule has 7 nitrogen and oxygen atoms in total. The fourth-order valence-corrected chi connectivity index (χ4v) is 5.71. The van der Waals surface area contributed by atoms with E-state index < -0.39 is 10.0 Å². The van der Waals surface area contributed by atoms with Gasteiger partial charge in [0, 0.05) is 13.2 Å². The summed E-state index contributed by atoms with van der Waals surface area (Å²) in [6, 6.07) is 3.70. The van der Waals surface area contributed by atoms with Crippen LogP contribution >= 0.6 is 34.4 Å². The fraction of sp³-hybridized carbons (Fsp3) is 0.250. The van der Waals surface area contributed by atoms with E-state index in [0.29, 0.717) is 5.69 Å². The van der Waals surface area contributed by atoms with Crippen LogP contribution in [0.15, 0.2) is 32.9 Å². The molecule has 0 aliphatic carbocycles. The van der Waals surface area contributed by atoms with Crippen molar-refractivity contribution in [2.75, 3.05) is 10.5 Å². The van der Waals surface area contributed by atoms with Gasteiger partial charge in [-0.05, 0) is 17.2 Å². The van der Waals surface area contributed by atoms with Crippen molar-refractivity contribution < 1.29 is 8.42 Å². The maximum atomic E-state index is 12.7. The van der Waals surface area contributed by atoms with E-state index in [4.69, 9.17) is 0 Å². The van der Waals surface area contributed by atoms with E-state index in [0.717, 1.165) is 15.0 Å². The van der Waals surface area contributed by atoms with Crippen molar-refractivity contribution >= 4 is 49.6 Å². The van der Waals surface area contributed by atoms with Gasteiger partial charge in [-0.15, -0.1) is 21.5 Å². The van der Waals surface area contributed by atoms with Gasteiger partial charge in [-0.2, -0.15) is 5.10 Å². The molecule has 0 spiro atoms. The van der Waals surface area contributed by atoms with Crippen molar-refractivity contribution in [3.8, 4) is 10.6 Å². The lowest BCUT2D eigenvalue weighted by molar-refractivity contribution is 0.601. The normalized spacial score (nSPS) is 11.7. The number of anilines is 1. The second-order valence-corrected chi connectivity index (χ2v) is 9.49. The van der Waals surface area contributed by atoms with Crippen LogP contribution in [0.25, 0.3) is 10.6 Å². The SMILES string of the molecule is CCSc1nnc(NS(=O)(=O)c2cn(C)nc2-c2cccs2)s1. The van der Waals surface area contributed by atoms with E-state index in [2.05, 4.69) is 20.0 Å². The maximum Gasteiger partial charge on any atom is 0.267 e. The van der Waals surface area contributed by atoms with Gasteiger partial charge in [0.1, 0.15) is 10.6 Å². The van der Waals surface area contributed by atoms with Crippen molar-refractivity contribution in [2.45, 2.75) is 16.2 Å². The smallest absolute Gasteiger partial charge is 0.267 e. The Balaban J connectivity index is 1.93. The van der Waals surface area contributed by atoms with E-state index in [-0.39, 0.29) is 10.0 Å². The molecular weight excluding hydrogens is 374 g/mol. The van der Waals surface area contributed by atoms with Crippen LogP contribution in [0.4, 0.5) is 5.13 Å². The van der Waals surface area contributed by atoms with Gasteiger partial charge >= 0.3 is 0 Å². The summed E-state index contributed by atoms with van der Waals surface area (Å²) in [5, 5.41) is 14.2. The minimum atomic E-state index is -3.78. The van der Waals surface area contributed by atoms with Gasteiger partial charge in [0.15, 0.2) is 4.34 Å². The Hall–Kier alpha value is -1.43. The van der Waals surface area contributed by atoms with Crippen LogP contribution in [-0.4, -0.2) is 34.1 Å². The topological polar surface area (TPSA) is 89.8 Å². The van der Waals surface area contributed by atoms with E-state index in [1.165, 1.54) is 45.3 Å². The summed E-state index contributed by atoms with van der Waals surface area (Å²) in [4.78, 5) is 0.924. The second kappa shape index (κ2) is 6.59. The summed E-state index contributed by atoms with van der Waals surface area (Å²) in [6.45, 7) is 2.00. The fourth-order valence-electron chi connectivity index (χ4n) is 1.85. The molecule has 0 saturated heterocycles. The van der Waals surface area contributed by atoms with Crippen LogP contribution in [0.2, 0.25) is 0 Å². The highest BCUT2D eigenvalue weighted by Gasteiger charge is 2.25. The Morgan fingerprint density at radius 1 is 1.39 bits per heavy atom. The minimum Gasteiger partial charge on any atom is -0.274 e. The first kappa shape index (κ1) is 16.4. The summed E-state index contributed by atoms with van der Waals surface area (Å²) < 4.78 is 30.0. The highest BCUT2D eigenvalue weighted by molar-refractivity contribution is 8.01. The van der Waals surface area contributed by atoms with E-state index >= 15 is 0 Å².